The first-order valence-electron chi connectivity index (χ1n) is 8.67. The van der Waals surface area contributed by atoms with Crippen molar-refractivity contribution in [1.82, 2.24) is 0 Å². The maximum atomic E-state index is 10.5. The van der Waals surface area contributed by atoms with Crippen LogP contribution in [-0.4, -0.2) is 29.5 Å². The van der Waals surface area contributed by atoms with Gasteiger partial charge in [0.2, 0.25) is 0 Å². The van der Waals surface area contributed by atoms with Crippen LogP contribution in [0.5, 0.6) is 0 Å². The van der Waals surface area contributed by atoms with Gasteiger partial charge >= 0.3 is 0 Å². The summed E-state index contributed by atoms with van der Waals surface area (Å²) in [5.74, 6) is 0. The van der Waals surface area contributed by atoms with Crippen LogP contribution in [0.15, 0.2) is 37.4 Å². The highest BCUT2D eigenvalue weighted by molar-refractivity contribution is 5.24. The molecule has 0 aliphatic heterocycles. The van der Waals surface area contributed by atoms with Gasteiger partial charge in [-0.25, -0.2) is 0 Å². The molecule has 1 aromatic rings. The van der Waals surface area contributed by atoms with Gasteiger partial charge in [0.15, 0.2) is 0 Å². The summed E-state index contributed by atoms with van der Waals surface area (Å²) in [6, 6.07) is 8.76. The normalized spacial score (nSPS) is 15.7. The number of rotatable bonds is 6. The Morgan fingerprint density at radius 2 is 1.61 bits per heavy atom. The maximum absolute atomic E-state index is 10.5. The fraction of sp³-hybridized carbons (Fsp3) is 0.600. The van der Waals surface area contributed by atoms with Gasteiger partial charge in [0, 0.05) is 7.11 Å². The summed E-state index contributed by atoms with van der Waals surface area (Å²) in [7, 11) is 1.00. The molecule has 0 aromatic heterocycles. The van der Waals surface area contributed by atoms with E-state index in [1.807, 2.05) is 0 Å². The van der Waals surface area contributed by atoms with Gasteiger partial charge in [0.25, 0.3) is 0 Å². The summed E-state index contributed by atoms with van der Waals surface area (Å²) in [5.41, 5.74) is 7.89. The van der Waals surface area contributed by atoms with Crippen LogP contribution in [0, 0.1) is 0 Å². The molecule has 0 unspecified atom stereocenters. The molecule has 0 bridgehead atoms. The lowest BCUT2D eigenvalue weighted by atomic mass is 9.81. The lowest BCUT2D eigenvalue weighted by Gasteiger charge is -2.32. The van der Waals surface area contributed by atoms with Gasteiger partial charge in [-0.2, -0.15) is 0 Å². The Bertz CT molecular complexity index is 400. The third-order valence-corrected chi connectivity index (χ3v) is 4.32. The second-order valence-corrected chi connectivity index (χ2v) is 6.00. The van der Waals surface area contributed by atoms with Crippen molar-refractivity contribution in [3.63, 3.8) is 0 Å². The number of nitrogens with two attached hydrogens (primary N) is 1. The van der Waals surface area contributed by atoms with Crippen LogP contribution in [0.3, 0.4) is 0 Å². The fourth-order valence-corrected chi connectivity index (χ4v) is 3.08. The number of aliphatic hydroxyl groups is 2. The van der Waals surface area contributed by atoms with Gasteiger partial charge < -0.3 is 15.9 Å². The molecule has 1 aromatic carbocycles. The minimum absolute atomic E-state index is 0.397. The first-order valence-corrected chi connectivity index (χ1v) is 8.67. The van der Waals surface area contributed by atoms with Crippen molar-refractivity contribution in [3.8, 4) is 0 Å². The molecule has 0 heterocycles. The molecule has 0 spiro atoms. The standard InChI is InChI=1S/C17H27NO.C2H4.CH4O/c18-13-5-8-15-6-4-7-16(14-15)9-12-17(19)10-2-1-3-11-17;2*1-2/h4,6-7,14,19H,1-3,5,8-13,18H2;1-2H2;2H,1H3. The molecule has 1 aliphatic carbocycles. The van der Waals surface area contributed by atoms with Gasteiger partial charge in [-0.1, -0.05) is 43.5 Å². The summed E-state index contributed by atoms with van der Waals surface area (Å²) in [4.78, 5) is 0. The van der Waals surface area contributed by atoms with Crippen LogP contribution in [0.4, 0.5) is 0 Å². The van der Waals surface area contributed by atoms with Gasteiger partial charge in [0.1, 0.15) is 0 Å². The van der Waals surface area contributed by atoms with Crippen LogP contribution < -0.4 is 5.73 Å². The summed E-state index contributed by atoms with van der Waals surface area (Å²) in [6.07, 6.45) is 9.65. The number of hydrogen-bond acceptors (Lipinski definition) is 3. The SMILES string of the molecule is C=C.CO.NCCCc1cccc(CCC2(O)CCCCC2)c1. The smallest absolute Gasteiger partial charge is 0.0651 e. The summed E-state index contributed by atoms with van der Waals surface area (Å²) >= 11 is 0. The molecule has 23 heavy (non-hydrogen) atoms. The number of benzene rings is 1. The van der Waals surface area contributed by atoms with E-state index < -0.39 is 5.60 Å². The zero-order valence-electron chi connectivity index (χ0n) is 14.8. The van der Waals surface area contributed by atoms with E-state index >= 15 is 0 Å². The Hall–Kier alpha value is -1.16. The van der Waals surface area contributed by atoms with Crippen LogP contribution in [0.2, 0.25) is 0 Å². The summed E-state index contributed by atoms with van der Waals surface area (Å²) in [5, 5.41) is 17.5. The predicted octanol–water partition coefficient (Wildman–Crippen LogP) is 3.62. The quantitative estimate of drug-likeness (QED) is 0.701. The average molecular weight is 322 g/mol. The highest BCUT2D eigenvalue weighted by Gasteiger charge is 2.28. The van der Waals surface area contributed by atoms with Crippen molar-refractivity contribution in [1.29, 1.82) is 0 Å². The predicted molar refractivity (Wildman–Crippen MR) is 99.6 cm³/mol. The van der Waals surface area contributed by atoms with Crippen molar-refractivity contribution in [3.05, 3.63) is 48.6 Å². The molecule has 132 valence electrons. The summed E-state index contributed by atoms with van der Waals surface area (Å²) in [6.45, 7) is 6.75. The minimum Gasteiger partial charge on any atom is -0.400 e. The molecule has 0 saturated heterocycles. The van der Waals surface area contributed by atoms with E-state index in [2.05, 4.69) is 37.4 Å². The Labute approximate surface area is 142 Å². The van der Waals surface area contributed by atoms with E-state index in [1.54, 1.807) is 0 Å². The molecule has 1 fully saturated rings. The molecule has 3 heteroatoms. The zero-order chi connectivity index (χ0) is 17.6. The topological polar surface area (TPSA) is 66.5 Å². The Morgan fingerprint density at radius 1 is 1.04 bits per heavy atom. The first-order chi connectivity index (χ1) is 11.2. The van der Waals surface area contributed by atoms with Crippen molar-refractivity contribution in [2.75, 3.05) is 13.7 Å². The van der Waals surface area contributed by atoms with Crippen molar-refractivity contribution in [2.24, 2.45) is 5.73 Å². The van der Waals surface area contributed by atoms with E-state index in [1.165, 1.54) is 30.4 Å². The number of aliphatic hydroxyl groups excluding tert-OH is 1. The molecule has 4 N–H and O–H groups in total. The van der Waals surface area contributed by atoms with E-state index in [9.17, 15) is 5.11 Å². The first kappa shape index (κ1) is 21.8. The van der Waals surface area contributed by atoms with Crippen LogP contribution >= 0.6 is 0 Å². The van der Waals surface area contributed by atoms with Gasteiger partial charge in [0.05, 0.1) is 5.60 Å². The molecule has 3 nitrogen and oxygen atoms in total. The number of hydrogen-bond donors (Lipinski definition) is 3. The molecular formula is C20H35NO2. The van der Waals surface area contributed by atoms with E-state index in [0.29, 0.717) is 0 Å². The van der Waals surface area contributed by atoms with Gasteiger partial charge in [-0.3, -0.25) is 0 Å². The Balaban J connectivity index is 0.00000112. The lowest BCUT2D eigenvalue weighted by molar-refractivity contribution is -0.00342. The highest BCUT2D eigenvalue weighted by Crippen LogP contribution is 2.31. The minimum atomic E-state index is -0.397. The van der Waals surface area contributed by atoms with Crippen LogP contribution in [0.1, 0.15) is 56.1 Å². The van der Waals surface area contributed by atoms with Crippen molar-refractivity contribution in [2.45, 2.75) is 63.4 Å². The molecule has 1 saturated carbocycles. The maximum Gasteiger partial charge on any atom is 0.0651 e. The van der Waals surface area contributed by atoms with E-state index in [-0.39, 0.29) is 0 Å². The van der Waals surface area contributed by atoms with Gasteiger partial charge in [-0.15, -0.1) is 13.2 Å². The molecular weight excluding hydrogens is 286 g/mol. The molecule has 0 amide bonds. The molecule has 0 atom stereocenters. The van der Waals surface area contributed by atoms with E-state index in [4.69, 9.17) is 10.8 Å². The Morgan fingerprint density at radius 3 is 2.17 bits per heavy atom. The van der Waals surface area contributed by atoms with Gasteiger partial charge in [-0.05, 0) is 56.2 Å². The molecule has 1 aliphatic rings. The summed E-state index contributed by atoms with van der Waals surface area (Å²) < 4.78 is 0. The second kappa shape index (κ2) is 13.3. The average Bonchev–Trinajstić information content (AvgIpc) is 2.63. The zero-order valence-corrected chi connectivity index (χ0v) is 14.8. The third kappa shape index (κ3) is 8.89. The van der Waals surface area contributed by atoms with Crippen molar-refractivity contribution < 1.29 is 10.2 Å². The van der Waals surface area contributed by atoms with Crippen LogP contribution in [-0.2, 0) is 12.8 Å². The third-order valence-electron chi connectivity index (χ3n) is 4.32. The Kier molecular flexibility index (Phi) is 12.6. The molecule has 0 radical (unpaired) electrons. The largest absolute Gasteiger partial charge is 0.400 e. The fourth-order valence-electron chi connectivity index (χ4n) is 3.08. The van der Waals surface area contributed by atoms with E-state index in [0.717, 1.165) is 52.2 Å². The molecule has 2 rings (SSSR count). The number of aryl methyl sites for hydroxylation is 2. The monoisotopic (exact) mass is 321 g/mol. The highest BCUT2D eigenvalue weighted by atomic mass is 16.3. The second-order valence-electron chi connectivity index (χ2n) is 6.00. The lowest BCUT2D eigenvalue weighted by Crippen LogP contribution is -2.31. The van der Waals surface area contributed by atoms with Crippen LogP contribution in [0.25, 0.3) is 0 Å². The van der Waals surface area contributed by atoms with Crippen molar-refractivity contribution >= 4 is 0 Å².